The Labute approximate surface area is 241 Å². The van der Waals surface area contributed by atoms with Gasteiger partial charge in [0, 0.05) is 11.7 Å². The molecule has 3 amide bonds. The van der Waals surface area contributed by atoms with Crippen LogP contribution in [0.4, 0.5) is 10.5 Å². The van der Waals surface area contributed by atoms with Crippen LogP contribution in [0.5, 0.6) is 0 Å². The zero-order valence-corrected chi connectivity index (χ0v) is 26.3. The molecule has 0 fully saturated rings. The molecule has 40 heavy (non-hydrogen) atoms. The van der Waals surface area contributed by atoms with E-state index in [4.69, 9.17) is 4.74 Å². The number of para-hydroxylation sites is 1. The lowest BCUT2D eigenvalue weighted by molar-refractivity contribution is -0.143. The molecule has 2 aromatic carbocycles. The molecular formula is C33H49N3O4. The number of aryl methyl sites for hydroxylation is 4. The molecule has 7 heteroatoms. The second-order valence-corrected chi connectivity index (χ2v) is 12.5. The number of carbonyl (C=O) groups is 3. The first kappa shape index (κ1) is 32.9. The minimum absolute atomic E-state index is 0.271. The van der Waals surface area contributed by atoms with Crippen molar-refractivity contribution in [1.82, 2.24) is 10.2 Å². The predicted octanol–water partition coefficient (Wildman–Crippen LogP) is 7.17. The van der Waals surface area contributed by atoms with Crippen LogP contribution in [0.15, 0.2) is 36.4 Å². The Hall–Kier alpha value is -3.35. The van der Waals surface area contributed by atoms with Gasteiger partial charge in [-0.1, -0.05) is 55.8 Å². The minimum atomic E-state index is -0.905. The summed E-state index contributed by atoms with van der Waals surface area (Å²) < 4.78 is 5.41. The van der Waals surface area contributed by atoms with Gasteiger partial charge < -0.3 is 20.3 Å². The van der Waals surface area contributed by atoms with Gasteiger partial charge in [0.15, 0.2) is 0 Å². The zero-order valence-electron chi connectivity index (χ0n) is 26.3. The summed E-state index contributed by atoms with van der Waals surface area (Å²) in [6.07, 6.45) is 0.920. The van der Waals surface area contributed by atoms with E-state index in [1.807, 2.05) is 71.0 Å². The van der Waals surface area contributed by atoms with Gasteiger partial charge in [0.2, 0.25) is 5.91 Å². The molecule has 220 valence electrons. The van der Waals surface area contributed by atoms with Crippen molar-refractivity contribution in [1.29, 1.82) is 0 Å². The van der Waals surface area contributed by atoms with Gasteiger partial charge >= 0.3 is 6.09 Å². The lowest BCUT2D eigenvalue weighted by atomic mass is 9.93. The van der Waals surface area contributed by atoms with Crippen LogP contribution in [0.3, 0.4) is 0 Å². The molecule has 2 N–H and O–H groups in total. The average molecular weight is 552 g/mol. The number of hydrogen-bond donors (Lipinski definition) is 2. The Balaban J connectivity index is 2.62. The Morgan fingerprint density at radius 1 is 0.875 bits per heavy atom. The number of anilines is 1. The highest BCUT2D eigenvalue weighted by molar-refractivity contribution is 6.00. The first-order valence-corrected chi connectivity index (χ1v) is 14.3. The third kappa shape index (κ3) is 9.10. The fourth-order valence-corrected chi connectivity index (χ4v) is 4.84. The normalized spacial score (nSPS) is 13.8. The minimum Gasteiger partial charge on any atom is -0.444 e. The van der Waals surface area contributed by atoms with E-state index in [0.29, 0.717) is 12.3 Å². The number of alkyl carbamates (subject to hydrolysis) is 1. The number of benzene rings is 2. The number of hydrogen-bond acceptors (Lipinski definition) is 4. The molecule has 0 aliphatic carbocycles. The van der Waals surface area contributed by atoms with E-state index in [2.05, 4.69) is 24.5 Å². The molecule has 0 radical (unpaired) electrons. The number of ether oxygens (including phenoxy) is 1. The first-order valence-electron chi connectivity index (χ1n) is 14.3. The van der Waals surface area contributed by atoms with Gasteiger partial charge in [-0.3, -0.25) is 9.59 Å². The quantitative estimate of drug-likeness (QED) is 0.328. The van der Waals surface area contributed by atoms with E-state index in [-0.39, 0.29) is 17.9 Å². The molecule has 0 bridgehead atoms. The van der Waals surface area contributed by atoms with Crippen molar-refractivity contribution in [3.63, 3.8) is 0 Å². The Bertz CT molecular complexity index is 1180. The van der Waals surface area contributed by atoms with Crippen LogP contribution >= 0.6 is 0 Å². The summed E-state index contributed by atoms with van der Waals surface area (Å²) in [5, 5.41) is 5.83. The summed E-state index contributed by atoms with van der Waals surface area (Å²) in [6, 6.07) is 9.70. The fourth-order valence-electron chi connectivity index (χ4n) is 4.84. The molecule has 3 unspecified atom stereocenters. The van der Waals surface area contributed by atoms with Crippen LogP contribution in [-0.4, -0.2) is 40.5 Å². The summed E-state index contributed by atoms with van der Waals surface area (Å²) in [7, 11) is 0. The summed E-state index contributed by atoms with van der Waals surface area (Å²) in [5.41, 5.74) is 4.66. The smallest absolute Gasteiger partial charge is 0.408 e. The van der Waals surface area contributed by atoms with Crippen LogP contribution in [0.25, 0.3) is 0 Å². The number of carbonyl (C=O) groups excluding carboxylic acids is 3. The molecule has 7 nitrogen and oxygen atoms in total. The van der Waals surface area contributed by atoms with Crippen molar-refractivity contribution in [2.24, 2.45) is 5.92 Å². The number of amides is 3. The van der Waals surface area contributed by atoms with Crippen LogP contribution in [0.1, 0.15) is 95.2 Å². The maximum atomic E-state index is 14.3. The predicted molar refractivity (Wildman–Crippen MR) is 162 cm³/mol. The summed E-state index contributed by atoms with van der Waals surface area (Å²) in [5.74, 6) is -0.206. The van der Waals surface area contributed by atoms with Crippen molar-refractivity contribution in [2.75, 3.05) is 5.32 Å². The highest BCUT2D eigenvalue weighted by Crippen LogP contribution is 2.32. The number of rotatable bonds is 10. The van der Waals surface area contributed by atoms with Crippen LogP contribution in [0, 0.1) is 33.6 Å². The standard InChI is InChI=1S/C33H49N3O4/c1-20(2)15-17-25(7)36(31(38)26(8)34-32(39)40-33(9,10)11)29(27-18-16-21(3)19-24(27)6)30(37)35-28-22(4)13-12-14-23(28)5/h12-14,16,18-20,25-26,29H,15,17H2,1-11H3,(H,34,39)(H,35,37). The summed E-state index contributed by atoms with van der Waals surface area (Å²) in [4.78, 5) is 42.7. The Kier molecular flexibility index (Phi) is 11.4. The fraction of sp³-hybridized carbons (Fsp3) is 0.545. The molecule has 0 heterocycles. The van der Waals surface area contributed by atoms with Gasteiger partial charge in [-0.15, -0.1) is 0 Å². The van der Waals surface area contributed by atoms with Gasteiger partial charge in [-0.05, 0) is 103 Å². The molecular weight excluding hydrogens is 502 g/mol. The van der Waals surface area contributed by atoms with Crippen LogP contribution in [0.2, 0.25) is 0 Å². The third-order valence-electron chi connectivity index (χ3n) is 6.97. The monoisotopic (exact) mass is 551 g/mol. The van der Waals surface area contributed by atoms with Crippen LogP contribution < -0.4 is 10.6 Å². The van der Waals surface area contributed by atoms with E-state index in [1.54, 1.807) is 32.6 Å². The van der Waals surface area contributed by atoms with E-state index >= 15 is 0 Å². The van der Waals surface area contributed by atoms with Gasteiger partial charge in [0.25, 0.3) is 5.91 Å². The van der Waals surface area contributed by atoms with E-state index in [0.717, 1.165) is 39.9 Å². The molecule has 0 saturated heterocycles. The van der Waals surface area contributed by atoms with Crippen molar-refractivity contribution in [3.05, 3.63) is 64.2 Å². The molecule has 0 saturated carbocycles. The molecule has 2 aromatic rings. The maximum absolute atomic E-state index is 14.3. The second-order valence-electron chi connectivity index (χ2n) is 12.5. The molecule has 0 aromatic heterocycles. The van der Waals surface area contributed by atoms with Crippen molar-refractivity contribution in [2.45, 2.75) is 113 Å². The third-order valence-corrected chi connectivity index (χ3v) is 6.97. The van der Waals surface area contributed by atoms with Gasteiger partial charge in [0.05, 0.1) is 0 Å². The van der Waals surface area contributed by atoms with Gasteiger partial charge in [-0.25, -0.2) is 4.79 Å². The molecule has 0 aliphatic heterocycles. The topological polar surface area (TPSA) is 87.7 Å². The first-order chi connectivity index (χ1) is 18.5. The lowest BCUT2D eigenvalue weighted by Gasteiger charge is -2.39. The number of nitrogens with one attached hydrogen (secondary N) is 2. The summed E-state index contributed by atoms with van der Waals surface area (Å²) in [6.45, 7) is 21.1. The Morgan fingerprint density at radius 2 is 1.48 bits per heavy atom. The zero-order chi connectivity index (χ0) is 30.4. The molecule has 0 spiro atoms. The maximum Gasteiger partial charge on any atom is 0.408 e. The van der Waals surface area contributed by atoms with E-state index in [1.165, 1.54) is 0 Å². The van der Waals surface area contributed by atoms with E-state index in [9.17, 15) is 14.4 Å². The Morgan fingerprint density at radius 3 is 2.00 bits per heavy atom. The SMILES string of the molecule is Cc1ccc(C(C(=O)Nc2c(C)cccc2C)N(C(=O)C(C)NC(=O)OC(C)(C)C)C(C)CCC(C)C)c(C)c1. The molecule has 3 atom stereocenters. The van der Waals surface area contributed by atoms with Gasteiger partial charge in [0.1, 0.15) is 17.7 Å². The van der Waals surface area contributed by atoms with Crippen molar-refractivity contribution >= 4 is 23.6 Å². The molecule has 2 rings (SSSR count). The average Bonchev–Trinajstić information content (AvgIpc) is 2.82. The van der Waals surface area contributed by atoms with Crippen molar-refractivity contribution in [3.8, 4) is 0 Å². The molecule has 0 aliphatic rings. The second kappa shape index (κ2) is 13.8. The largest absolute Gasteiger partial charge is 0.444 e. The van der Waals surface area contributed by atoms with Crippen molar-refractivity contribution < 1.29 is 19.1 Å². The number of nitrogens with zero attached hydrogens (tertiary/aromatic N) is 1. The highest BCUT2D eigenvalue weighted by atomic mass is 16.6. The van der Waals surface area contributed by atoms with Crippen LogP contribution in [-0.2, 0) is 14.3 Å². The van der Waals surface area contributed by atoms with E-state index < -0.39 is 23.8 Å². The van der Waals surface area contributed by atoms with Gasteiger partial charge in [-0.2, -0.15) is 0 Å². The summed E-state index contributed by atoms with van der Waals surface area (Å²) >= 11 is 0. The highest BCUT2D eigenvalue weighted by Gasteiger charge is 2.38. The lowest BCUT2D eigenvalue weighted by Crippen LogP contribution is -2.54.